The maximum atomic E-state index is 13.7. The van der Waals surface area contributed by atoms with Crippen molar-refractivity contribution >= 4 is 21.6 Å². The van der Waals surface area contributed by atoms with Crippen LogP contribution in [0.1, 0.15) is 13.3 Å². The molecule has 1 amide bonds. The maximum absolute atomic E-state index is 13.7. The smallest absolute Gasteiger partial charge is 0.240 e. The van der Waals surface area contributed by atoms with Crippen LogP contribution in [0.4, 0.5) is 14.5 Å². The molecule has 0 spiro atoms. The number of halogens is 2. The highest BCUT2D eigenvalue weighted by Gasteiger charge is 2.23. The molecule has 0 aromatic heterocycles. The van der Waals surface area contributed by atoms with Gasteiger partial charge in [-0.1, -0.05) is 6.92 Å². The second-order valence-electron chi connectivity index (χ2n) is 4.22. The van der Waals surface area contributed by atoms with Gasteiger partial charge in [-0.05, 0) is 18.6 Å². The van der Waals surface area contributed by atoms with Crippen molar-refractivity contribution in [3.05, 3.63) is 29.8 Å². The molecule has 1 N–H and O–H groups in total. The number of nitrogens with zero attached hydrogens (tertiary/aromatic N) is 1. The number of rotatable bonds is 6. The molecule has 1 aromatic carbocycles. The Kier molecular flexibility index (Phi) is 5.43. The van der Waals surface area contributed by atoms with Crippen molar-refractivity contribution in [2.24, 2.45) is 0 Å². The molecule has 0 radical (unpaired) electrons. The monoisotopic (exact) mass is 306 g/mol. The van der Waals surface area contributed by atoms with Gasteiger partial charge in [0.2, 0.25) is 15.9 Å². The molecule has 8 heteroatoms. The third-order valence-electron chi connectivity index (χ3n) is 2.44. The van der Waals surface area contributed by atoms with Crippen molar-refractivity contribution in [1.82, 2.24) is 5.32 Å². The molecule has 0 fully saturated rings. The lowest BCUT2D eigenvalue weighted by Crippen LogP contribution is -2.41. The van der Waals surface area contributed by atoms with Crippen molar-refractivity contribution in [2.45, 2.75) is 13.3 Å². The number of hydrogen-bond acceptors (Lipinski definition) is 3. The van der Waals surface area contributed by atoms with Gasteiger partial charge in [0.1, 0.15) is 18.2 Å². The number of sulfonamides is 1. The zero-order chi connectivity index (χ0) is 15.3. The fourth-order valence-corrected chi connectivity index (χ4v) is 2.37. The van der Waals surface area contributed by atoms with E-state index in [4.69, 9.17) is 0 Å². The summed E-state index contributed by atoms with van der Waals surface area (Å²) in [6.45, 7) is 1.68. The van der Waals surface area contributed by atoms with E-state index < -0.39 is 34.1 Å². The van der Waals surface area contributed by atoms with Crippen LogP contribution >= 0.6 is 0 Å². The Morgan fingerprint density at radius 2 is 2.00 bits per heavy atom. The highest BCUT2D eigenvalue weighted by Crippen LogP contribution is 2.22. The number of nitrogens with one attached hydrogen (secondary N) is 1. The number of carbonyl (C=O) groups excluding carboxylic acids is 1. The highest BCUT2D eigenvalue weighted by atomic mass is 32.2. The Labute approximate surface area is 116 Å². The van der Waals surface area contributed by atoms with Crippen molar-refractivity contribution < 1.29 is 22.0 Å². The lowest BCUT2D eigenvalue weighted by atomic mass is 10.3. The zero-order valence-electron chi connectivity index (χ0n) is 11.2. The van der Waals surface area contributed by atoms with Gasteiger partial charge >= 0.3 is 0 Å². The summed E-state index contributed by atoms with van der Waals surface area (Å²) in [5, 5.41) is 2.49. The molecule has 0 aliphatic heterocycles. The molecule has 0 aliphatic rings. The topological polar surface area (TPSA) is 66.5 Å². The van der Waals surface area contributed by atoms with Crippen LogP contribution in [0.15, 0.2) is 18.2 Å². The molecule has 1 rings (SSSR count). The van der Waals surface area contributed by atoms with Crippen molar-refractivity contribution in [3.8, 4) is 0 Å². The van der Waals surface area contributed by atoms with Gasteiger partial charge in [0, 0.05) is 12.6 Å². The Balaban J connectivity index is 3.05. The molecule has 20 heavy (non-hydrogen) atoms. The number of hydrogen-bond donors (Lipinski definition) is 1. The van der Waals surface area contributed by atoms with Gasteiger partial charge in [0.25, 0.3) is 0 Å². The zero-order valence-corrected chi connectivity index (χ0v) is 12.0. The predicted octanol–water partition coefficient (Wildman–Crippen LogP) is 1.26. The summed E-state index contributed by atoms with van der Waals surface area (Å²) in [6.07, 6.45) is 1.54. The van der Waals surface area contributed by atoms with Gasteiger partial charge in [-0.3, -0.25) is 9.10 Å². The minimum atomic E-state index is -3.86. The van der Waals surface area contributed by atoms with Gasteiger partial charge in [0.15, 0.2) is 0 Å². The van der Waals surface area contributed by atoms with E-state index in [1.807, 2.05) is 6.92 Å². The Morgan fingerprint density at radius 1 is 1.35 bits per heavy atom. The second kappa shape index (κ2) is 6.65. The van der Waals surface area contributed by atoms with E-state index in [0.29, 0.717) is 23.3 Å². The van der Waals surface area contributed by atoms with E-state index >= 15 is 0 Å². The summed E-state index contributed by atoms with van der Waals surface area (Å²) in [6, 6.07) is 2.48. The molecular weight excluding hydrogens is 290 g/mol. The summed E-state index contributed by atoms with van der Waals surface area (Å²) in [4.78, 5) is 11.6. The first-order valence-corrected chi connectivity index (χ1v) is 7.80. The lowest BCUT2D eigenvalue weighted by molar-refractivity contribution is -0.119. The van der Waals surface area contributed by atoms with E-state index in [1.54, 1.807) is 0 Å². The quantitative estimate of drug-likeness (QED) is 0.860. The third kappa shape index (κ3) is 4.44. The minimum Gasteiger partial charge on any atom is -0.355 e. The van der Waals surface area contributed by atoms with Crippen LogP contribution in [-0.4, -0.2) is 33.7 Å². The first kappa shape index (κ1) is 16.4. The van der Waals surface area contributed by atoms with Crippen LogP contribution in [0.3, 0.4) is 0 Å². The van der Waals surface area contributed by atoms with Crippen molar-refractivity contribution in [3.63, 3.8) is 0 Å². The van der Waals surface area contributed by atoms with Crippen LogP contribution < -0.4 is 9.62 Å². The summed E-state index contributed by atoms with van der Waals surface area (Å²) >= 11 is 0. The summed E-state index contributed by atoms with van der Waals surface area (Å²) in [5.74, 6) is -2.42. The Bertz CT molecular complexity index is 590. The second-order valence-corrected chi connectivity index (χ2v) is 6.12. The van der Waals surface area contributed by atoms with Gasteiger partial charge in [-0.15, -0.1) is 0 Å². The van der Waals surface area contributed by atoms with Gasteiger partial charge < -0.3 is 5.32 Å². The standard InChI is InChI=1S/C12H16F2N2O3S/c1-3-6-15-12(17)8-16(20(2,18)19)11-5-4-9(13)7-10(11)14/h4-5,7H,3,6,8H2,1-2H3,(H,15,17). The largest absolute Gasteiger partial charge is 0.355 e. The molecule has 0 saturated carbocycles. The van der Waals surface area contributed by atoms with Crippen LogP contribution in [-0.2, 0) is 14.8 Å². The molecule has 1 aromatic rings. The average molecular weight is 306 g/mol. The average Bonchev–Trinajstić information content (AvgIpc) is 2.33. The Hall–Kier alpha value is -1.70. The van der Waals surface area contributed by atoms with E-state index in [0.717, 1.165) is 18.4 Å². The summed E-state index contributed by atoms with van der Waals surface area (Å²) in [5.41, 5.74) is -0.361. The fraction of sp³-hybridized carbons (Fsp3) is 0.417. The summed E-state index contributed by atoms with van der Waals surface area (Å²) in [7, 11) is -3.86. The molecule has 0 saturated heterocycles. The van der Waals surface area contributed by atoms with Crippen LogP contribution in [0.25, 0.3) is 0 Å². The van der Waals surface area contributed by atoms with Gasteiger partial charge in [-0.25, -0.2) is 17.2 Å². The van der Waals surface area contributed by atoms with Crippen LogP contribution in [0.2, 0.25) is 0 Å². The first-order valence-electron chi connectivity index (χ1n) is 5.95. The Morgan fingerprint density at radius 3 is 2.50 bits per heavy atom. The SMILES string of the molecule is CCCNC(=O)CN(c1ccc(F)cc1F)S(C)(=O)=O. The van der Waals surface area contributed by atoms with E-state index in [9.17, 15) is 22.0 Å². The molecule has 5 nitrogen and oxygen atoms in total. The predicted molar refractivity (Wildman–Crippen MR) is 71.8 cm³/mol. The van der Waals surface area contributed by atoms with E-state index in [2.05, 4.69) is 5.32 Å². The maximum Gasteiger partial charge on any atom is 0.240 e. The van der Waals surface area contributed by atoms with Gasteiger partial charge in [0.05, 0.1) is 11.9 Å². The number of amides is 1. The number of benzene rings is 1. The minimum absolute atomic E-state index is 0.361. The third-order valence-corrected chi connectivity index (χ3v) is 3.56. The van der Waals surface area contributed by atoms with Crippen LogP contribution in [0.5, 0.6) is 0 Å². The highest BCUT2D eigenvalue weighted by molar-refractivity contribution is 7.92. The normalized spacial score (nSPS) is 11.2. The fourth-order valence-electron chi connectivity index (χ4n) is 1.52. The van der Waals surface area contributed by atoms with Crippen molar-refractivity contribution in [2.75, 3.05) is 23.7 Å². The van der Waals surface area contributed by atoms with Crippen LogP contribution in [0, 0.1) is 11.6 Å². The molecule has 0 bridgehead atoms. The molecule has 0 unspecified atom stereocenters. The molecule has 112 valence electrons. The number of anilines is 1. The number of carbonyl (C=O) groups is 1. The van der Waals surface area contributed by atoms with Gasteiger partial charge in [-0.2, -0.15) is 0 Å². The molecular formula is C12H16F2N2O3S. The van der Waals surface area contributed by atoms with E-state index in [1.165, 1.54) is 0 Å². The molecule has 0 heterocycles. The van der Waals surface area contributed by atoms with E-state index in [-0.39, 0.29) is 5.69 Å². The van der Waals surface area contributed by atoms with Crippen molar-refractivity contribution in [1.29, 1.82) is 0 Å². The first-order chi connectivity index (χ1) is 9.25. The lowest BCUT2D eigenvalue weighted by Gasteiger charge is -2.22. The molecule has 0 aliphatic carbocycles. The summed E-state index contributed by atoms with van der Waals surface area (Å²) < 4.78 is 50.4. The molecule has 0 atom stereocenters.